The lowest BCUT2D eigenvalue weighted by atomic mass is 10.1. The van der Waals surface area contributed by atoms with Crippen LogP contribution in [0.1, 0.15) is 5.56 Å². The number of rotatable bonds is 2. The van der Waals surface area contributed by atoms with Gasteiger partial charge in [-0.2, -0.15) is 4.57 Å². The van der Waals surface area contributed by atoms with E-state index in [0.717, 1.165) is 17.4 Å². The predicted molar refractivity (Wildman–Crippen MR) is 71.4 cm³/mol. The lowest BCUT2D eigenvalue weighted by Crippen LogP contribution is -2.34. The average Bonchev–Trinajstić information content (AvgIpc) is 2.40. The molecule has 0 amide bonds. The lowest BCUT2D eigenvalue weighted by molar-refractivity contribution is -0.662. The summed E-state index contributed by atoms with van der Waals surface area (Å²) in [5, 5.41) is 11.1. The first-order valence-corrected chi connectivity index (χ1v) is 5.99. The van der Waals surface area contributed by atoms with Crippen LogP contribution >= 0.6 is 0 Å². The van der Waals surface area contributed by atoms with Gasteiger partial charge in [-0.3, -0.25) is 0 Å². The number of benzene rings is 2. The van der Waals surface area contributed by atoms with Crippen LogP contribution in [-0.2, 0) is 6.54 Å². The van der Waals surface area contributed by atoms with E-state index in [1.54, 1.807) is 6.07 Å². The monoisotopic (exact) mass is 236 g/mol. The van der Waals surface area contributed by atoms with E-state index in [4.69, 9.17) is 0 Å². The van der Waals surface area contributed by atoms with Crippen molar-refractivity contribution < 1.29 is 9.67 Å². The summed E-state index contributed by atoms with van der Waals surface area (Å²) in [5.74, 6) is 0.323. The molecule has 0 radical (unpaired) electrons. The van der Waals surface area contributed by atoms with E-state index in [1.165, 1.54) is 5.56 Å². The van der Waals surface area contributed by atoms with Crippen LogP contribution in [0.4, 0.5) is 0 Å². The third-order valence-electron chi connectivity index (χ3n) is 3.07. The van der Waals surface area contributed by atoms with E-state index in [1.807, 2.05) is 48.7 Å². The van der Waals surface area contributed by atoms with Crippen LogP contribution in [0.25, 0.3) is 10.9 Å². The predicted octanol–water partition coefficient (Wildman–Crippen LogP) is 2.88. The number of nitrogens with zero attached hydrogens (tertiary/aromatic N) is 1. The summed E-state index contributed by atoms with van der Waals surface area (Å²) in [4.78, 5) is 0. The van der Waals surface area contributed by atoms with Crippen LogP contribution in [0.3, 0.4) is 0 Å². The highest BCUT2D eigenvalue weighted by Crippen LogP contribution is 2.20. The Morgan fingerprint density at radius 2 is 1.61 bits per heavy atom. The summed E-state index contributed by atoms with van der Waals surface area (Å²) in [6, 6.07) is 19.9. The van der Waals surface area contributed by atoms with Gasteiger partial charge in [-0.1, -0.05) is 36.4 Å². The van der Waals surface area contributed by atoms with Gasteiger partial charge < -0.3 is 5.11 Å². The number of hydrogen-bond acceptors (Lipinski definition) is 1. The highest BCUT2D eigenvalue weighted by Gasteiger charge is 2.12. The number of fused-ring (bicyclic) bond motifs is 1. The molecule has 1 aromatic heterocycles. The Morgan fingerprint density at radius 1 is 0.833 bits per heavy atom. The van der Waals surface area contributed by atoms with Crippen molar-refractivity contribution in [1.29, 1.82) is 0 Å². The average molecular weight is 236 g/mol. The second kappa shape index (κ2) is 4.49. The molecule has 0 atom stereocenters. The minimum absolute atomic E-state index is 0.323. The first-order chi connectivity index (χ1) is 8.84. The van der Waals surface area contributed by atoms with Gasteiger partial charge in [0.05, 0.1) is 5.39 Å². The molecule has 0 aliphatic carbocycles. The Kier molecular flexibility index (Phi) is 2.69. The smallest absolute Gasteiger partial charge is 0.254 e. The maximum atomic E-state index is 10.0. The van der Waals surface area contributed by atoms with Gasteiger partial charge in [0.15, 0.2) is 18.5 Å². The summed E-state index contributed by atoms with van der Waals surface area (Å²) in [7, 11) is 0. The minimum Gasteiger partial charge on any atom is -0.502 e. The SMILES string of the molecule is Oc1cccc2ccc[n+](Cc3ccccc3)c12. The molecule has 0 bridgehead atoms. The first-order valence-electron chi connectivity index (χ1n) is 5.99. The first kappa shape index (κ1) is 10.8. The molecule has 2 aromatic carbocycles. The maximum Gasteiger partial charge on any atom is 0.254 e. The molecule has 3 rings (SSSR count). The van der Waals surface area contributed by atoms with Crippen LogP contribution in [-0.4, -0.2) is 5.11 Å². The van der Waals surface area contributed by atoms with E-state index in [-0.39, 0.29) is 0 Å². The van der Waals surface area contributed by atoms with Gasteiger partial charge in [0.2, 0.25) is 0 Å². The third kappa shape index (κ3) is 1.93. The highest BCUT2D eigenvalue weighted by molar-refractivity contribution is 5.80. The molecule has 0 unspecified atom stereocenters. The third-order valence-corrected chi connectivity index (χ3v) is 3.07. The van der Waals surface area contributed by atoms with Crippen LogP contribution in [0.5, 0.6) is 5.75 Å². The van der Waals surface area contributed by atoms with Crippen molar-refractivity contribution in [1.82, 2.24) is 0 Å². The van der Waals surface area contributed by atoms with Crippen LogP contribution in [0.15, 0.2) is 66.9 Å². The summed E-state index contributed by atoms with van der Waals surface area (Å²) >= 11 is 0. The number of pyridine rings is 1. The van der Waals surface area contributed by atoms with Crippen LogP contribution < -0.4 is 4.57 Å². The van der Waals surface area contributed by atoms with Crippen molar-refractivity contribution in [2.24, 2.45) is 0 Å². The minimum atomic E-state index is 0.323. The van der Waals surface area contributed by atoms with E-state index in [0.29, 0.717) is 5.75 Å². The number of aromatic nitrogens is 1. The fraction of sp³-hybridized carbons (Fsp3) is 0.0625. The Morgan fingerprint density at radius 3 is 2.44 bits per heavy atom. The van der Waals surface area contributed by atoms with Crippen molar-refractivity contribution >= 4 is 10.9 Å². The fourth-order valence-corrected chi connectivity index (χ4v) is 2.23. The van der Waals surface area contributed by atoms with Gasteiger partial charge >= 0.3 is 0 Å². The molecule has 0 aliphatic heterocycles. The normalized spacial score (nSPS) is 10.7. The molecule has 18 heavy (non-hydrogen) atoms. The van der Waals surface area contributed by atoms with Crippen LogP contribution in [0.2, 0.25) is 0 Å². The van der Waals surface area contributed by atoms with Gasteiger partial charge in [-0.25, -0.2) is 0 Å². The Labute approximate surface area is 106 Å². The molecular formula is C16H14NO+. The largest absolute Gasteiger partial charge is 0.502 e. The molecule has 1 heterocycles. The Bertz CT molecular complexity index is 672. The zero-order valence-corrected chi connectivity index (χ0v) is 9.95. The molecule has 0 aliphatic rings. The summed E-state index contributed by atoms with van der Waals surface area (Å²) in [6.45, 7) is 0.760. The number of phenolic OH excluding ortho intramolecular Hbond substituents is 1. The zero-order valence-electron chi connectivity index (χ0n) is 9.95. The van der Waals surface area contributed by atoms with E-state index >= 15 is 0 Å². The van der Waals surface area contributed by atoms with Gasteiger partial charge in [0.1, 0.15) is 0 Å². The molecule has 2 heteroatoms. The molecule has 0 saturated carbocycles. The van der Waals surface area contributed by atoms with Crippen molar-refractivity contribution in [2.75, 3.05) is 0 Å². The molecule has 0 spiro atoms. The fourth-order valence-electron chi connectivity index (χ4n) is 2.23. The second-order valence-corrected chi connectivity index (χ2v) is 4.34. The molecule has 1 N–H and O–H groups in total. The number of aromatic hydroxyl groups is 1. The molecule has 3 aromatic rings. The summed E-state index contributed by atoms with van der Waals surface area (Å²) in [6.07, 6.45) is 2.00. The molecule has 0 fully saturated rings. The highest BCUT2D eigenvalue weighted by atomic mass is 16.3. The van der Waals surface area contributed by atoms with Crippen LogP contribution in [0, 0.1) is 0 Å². The number of hydrogen-bond donors (Lipinski definition) is 1. The quantitative estimate of drug-likeness (QED) is 0.680. The number of para-hydroxylation sites is 1. The molecular weight excluding hydrogens is 222 g/mol. The molecule has 88 valence electrons. The van der Waals surface area contributed by atoms with E-state index in [9.17, 15) is 5.11 Å². The van der Waals surface area contributed by atoms with Crippen molar-refractivity contribution in [3.05, 3.63) is 72.4 Å². The molecule has 2 nitrogen and oxygen atoms in total. The van der Waals surface area contributed by atoms with Gasteiger partial charge in [0.25, 0.3) is 5.52 Å². The van der Waals surface area contributed by atoms with Crippen molar-refractivity contribution in [2.45, 2.75) is 6.54 Å². The Balaban J connectivity index is 2.12. The van der Waals surface area contributed by atoms with Crippen molar-refractivity contribution in [3.63, 3.8) is 0 Å². The Hall–Kier alpha value is -2.35. The molecule has 0 saturated heterocycles. The standard InChI is InChI=1S/C16H13NO/c18-15-10-4-8-14-9-5-11-17(16(14)15)12-13-6-2-1-3-7-13/h1-11H,12H2/p+1. The van der Waals surface area contributed by atoms with Gasteiger partial charge in [-0.05, 0) is 18.2 Å². The van der Waals surface area contributed by atoms with Crippen molar-refractivity contribution in [3.8, 4) is 5.75 Å². The maximum absolute atomic E-state index is 10.0. The topological polar surface area (TPSA) is 24.1 Å². The summed E-state index contributed by atoms with van der Waals surface area (Å²) in [5.41, 5.74) is 2.10. The lowest BCUT2D eigenvalue weighted by Gasteiger charge is -2.03. The number of phenols is 1. The van der Waals surface area contributed by atoms with Gasteiger partial charge in [0, 0.05) is 11.6 Å². The van der Waals surface area contributed by atoms with Gasteiger partial charge in [-0.15, -0.1) is 0 Å². The second-order valence-electron chi connectivity index (χ2n) is 4.34. The zero-order chi connectivity index (χ0) is 12.4. The summed E-state index contributed by atoms with van der Waals surface area (Å²) < 4.78 is 2.07. The van der Waals surface area contributed by atoms with E-state index < -0.39 is 0 Å². The van der Waals surface area contributed by atoms with E-state index in [2.05, 4.69) is 16.7 Å².